The maximum Gasteiger partial charge on any atom is 0.264 e. The summed E-state index contributed by atoms with van der Waals surface area (Å²) in [6.45, 7) is 7.42. The van der Waals surface area contributed by atoms with Gasteiger partial charge in [-0.05, 0) is 103 Å². The van der Waals surface area contributed by atoms with Gasteiger partial charge in [0, 0.05) is 42.2 Å². The van der Waals surface area contributed by atoms with E-state index in [1.54, 1.807) is 21.8 Å². The number of ether oxygens (including phenoxy) is 2. The van der Waals surface area contributed by atoms with Gasteiger partial charge in [-0.3, -0.25) is 29.0 Å². The lowest BCUT2D eigenvalue weighted by molar-refractivity contribution is -0.150. The molecule has 2 saturated heterocycles. The average molecular weight is 889 g/mol. The summed E-state index contributed by atoms with van der Waals surface area (Å²) in [5.41, 5.74) is 5.92. The summed E-state index contributed by atoms with van der Waals surface area (Å²) < 4.78 is 13.0. The van der Waals surface area contributed by atoms with Crippen molar-refractivity contribution in [2.45, 2.75) is 94.8 Å². The van der Waals surface area contributed by atoms with Gasteiger partial charge in [-0.1, -0.05) is 85.9 Å². The number of carbonyl (C=O) groups is 4. The number of aliphatic hydroxyl groups excluding tert-OH is 1. The summed E-state index contributed by atoms with van der Waals surface area (Å²) in [5.74, 6) is 0.0918. The third-order valence-electron chi connectivity index (χ3n) is 15.1. The molecule has 5 aromatic carbocycles. The molecule has 2 fully saturated rings. The van der Waals surface area contributed by atoms with Gasteiger partial charge in [-0.15, -0.1) is 0 Å². The van der Waals surface area contributed by atoms with Gasteiger partial charge in [0.25, 0.3) is 5.91 Å². The minimum atomic E-state index is -2.61. The number of methoxy groups -OCH3 is 1. The van der Waals surface area contributed by atoms with Crippen LogP contribution in [0.3, 0.4) is 0 Å². The number of aliphatic hydroxyl groups is 1. The van der Waals surface area contributed by atoms with E-state index in [0.29, 0.717) is 49.2 Å². The van der Waals surface area contributed by atoms with E-state index in [1.807, 2.05) is 95.9 Å². The number of anilines is 5. The second-order valence-electron chi connectivity index (χ2n) is 18.9. The normalized spacial score (nSPS) is 23.9. The lowest BCUT2D eigenvalue weighted by Gasteiger charge is -2.37. The second kappa shape index (κ2) is 16.7. The Balaban J connectivity index is 1.08. The predicted molar refractivity (Wildman–Crippen MR) is 254 cm³/mol. The zero-order valence-corrected chi connectivity index (χ0v) is 38.5. The number of amides is 4. The molecular weight excluding hydrogens is 833 g/mol. The van der Waals surface area contributed by atoms with Crippen LogP contribution in [0.2, 0.25) is 18.6 Å². The predicted octanol–water partition coefficient (Wildman–Crippen LogP) is 8.05. The number of fused-ring (bicyclic) bond motifs is 4. The number of benzene rings is 5. The summed E-state index contributed by atoms with van der Waals surface area (Å²) in [6.07, 6.45) is 3.17. The zero-order valence-electron chi connectivity index (χ0n) is 37.5. The largest absolute Gasteiger partial charge is 0.497 e. The highest BCUT2D eigenvalue weighted by molar-refractivity contribution is 6.91. The van der Waals surface area contributed by atoms with Crippen molar-refractivity contribution in [3.63, 3.8) is 0 Å². The number of para-hydroxylation sites is 2. The van der Waals surface area contributed by atoms with Gasteiger partial charge >= 0.3 is 0 Å². The van der Waals surface area contributed by atoms with Crippen molar-refractivity contribution in [1.29, 1.82) is 0 Å². The summed E-state index contributed by atoms with van der Waals surface area (Å²) in [4.78, 5) is 64.7. The maximum atomic E-state index is 15.9. The molecule has 1 N–H and O–H groups in total. The molecule has 334 valence electrons. The van der Waals surface area contributed by atoms with E-state index in [4.69, 9.17) is 9.47 Å². The highest BCUT2D eigenvalue weighted by atomic mass is 28.3. The minimum Gasteiger partial charge on any atom is -0.497 e. The topological polar surface area (TPSA) is 120 Å². The van der Waals surface area contributed by atoms with E-state index < -0.39 is 19.8 Å². The van der Waals surface area contributed by atoms with E-state index in [9.17, 15) is 19.5 Å². The molecule has 12 heteroatoms. The van der Waals surface area contributed by atoms with Gasteiger partial charge in [0.05, 0.1) is 64.0 Å². The number of hydrogen-bond donors (Lipinski definition) is 1. The van der Waals surface area contributed by atoms with Gasteiger partial charge in [-0.25, -0.2) is 0 Å². The Bertz CT molecular complexity index is 2690. The van der Waals surface area contributed by atoms with E-state index in [0.717, 1.165) is 57.5 Å². The van der Waals surface area contributed by atoms with Crippen LogP contribution in [0.1, 0.15) is 61.3 Å². The number of aryl methyl sites for hydroxylation is 2. The van der Waals surface area contributed by atoms with Crippen LogP contribution in [-0.2, 0) is 48.9 Å². The van der Waals surface area contributed by atoms with Crippen LogP contribution in [0.5, 0.6) is 5.75 Å². The molecule has 0 radical (unpaired) electrons. The third kappa shape index (κ3) is 7.08. The van der Waals surface area contributed by atoms with Crippen molar-refractivity contribution in [3.05, 3.63) is 138 Å². The Hall–Kier alpha value is -6.08. The van der Waals surface area contributed by atoms with Gasteiger partial charge < -0.3 is 24.4 Å². The lowest BCUT2D eigenvalue weighted by atomic mass is 9.82. The van der Waals surface area contributed by atoms with Crippen molar-refractivity contribution in [2.24, 2.45) is 5.92 Å². The molecule has 0 aromatic heterocycles. The van der Waals surface area contributed by atoms with Crippen LogP contribution in [0, 0.1) is 5.92 Å². The second-order valence-corrected chi connectivity index (χ2v) is 23.6. The van der Waals surface area contributed by atoms with Crippen LogP contribution in [-0.4, -0.2) is 74.1 Å². The van der Waals surface area contributed by atoms with E-state index in [-0.39, 0.29) is 60.7 Å². The maximum absolute atomic E-state index is 15.9. The molecule has 5 aliphatic rings. The molecule has 5 atom stereocenters. The summed E-state index contributed by atoms with van der Waals surface area (Å²) in [7, 11) is -0.958. The Morgan fingerprint density at radius 2 is 1.40 bits per heavy atom. The van der Waals surface area contributed by atoms with Crippen LogP contribution in [0.15, 0.2) is 115 Å². The fourth-order valence-corrected chi connectivity index (χ4v) is 15.8. The van der Waals surface area contributed by atoms with Crippen molar-refractivity contribution >= 4 is 65.3 Å². The lowest BCUT2D eigenvalue weighted by Crippen LogP contribution is -2.52. The Morgan fingerprint density at radius 1 is 0.785 bits per heavy atom. The highest BCUT2D eigenvalue weighted by Crippen LogP contribution is 2.61. The van der Waals surface area contributed by atoms with Gasteiger partial charge in [0.1, 0.15) is 5.75 Å². The molecule has 5 heterocycles. The fraction of sp³-hybridized carbons (Fsp3) is 0.358. The van der Waals surface area contributed by atoms with E-state index in [2.05, 4.69) is 44.3 Å². The molecule has 10 rings (SSSR count). The fourth-order valence-electron chi connectivity index (χ4n) is 11.8. The van der Waals surface area contributed by atoms with Crippen molar-refractivity contribution in [1.82, 2.24) is 4.90 Å². The van der Waals surface area contributed by atoms with Crippen LogP contribution in [0.4, 0.5) is 28.4 Å². The summed E-state index contributed by atoms with van der Waals surface area (Å²) >= 11 is 0. The number of likely N-dealkylation sites (tertiary alicyclic amines) is 1. The van der Waals surface area contributed by atoms with Gasteiger partial charge in [0.2, 0.25) is 17.7 Å². The zero-order chi connectivity index (χ0) is 45.2. The van der Waals surface area contributed by atoms with Crippen LogP contribution < -0.4 is 24.6 Å². The van der Waals surface area contributed by atoms with Crippen molar-refractivity contribution < 1.29 is 33.8 Å². The van der Waals surface area contributed by atoms with Gasteiger partial charge in [0.15, 0.2) is 5.60 Å². The Kier molecular flexibility index (Phi) is 11.0. The van der Waals surface area contributed by atoms with Crippen molar-refractivity contribution in [3.8, 4) is 5.75 Å². The van der Waals surface area contributed by atoms with Crippen LogP contribution >= 0.6 is 0 Å². The Morgan fingerprint density at radius 3 is 2.03 bits per heavy atom. The number of carbonyl (C=O) groups excluding carboxylic acids is 4. The smallest absolute Gasteiger partial charge is 0.264 e. The summed E-state index contributed by atoms with van der Waals surface area (Å²) in [5, 5.41) is 11.4. The molecule has 0 aliphatic carbocycles. The molecule has 11 nitrogen and oxygen atoms in total. The highest BCUT2D eigenvalue weighted by Gasteiger charge is 2.66. The summed E-state index contributed by atoms with van der Waals surface area (Å²) in [6, 6.07) is 37.6. The molecule has 0 unspecified atom stereocenters. The average Bonchev–Trinajstić information content (AvgIpc) is 3.99. The standard InChI is InChI=1S/C53H56N4O7Si/c1-34-51(65(3,4)42-24-22-41(63-2)23-25-42)47(31-50(61)54-29-9-12-40(54)33-58)64-53(34)43-30-39(57-45-14-8-6-11-37(45)18-28-49(57)60)21-26-46(43)55(52(53)62)32-35-15-19-38(20-16-35)56-44-13-7-5-10-36(44)17-27-48(56)59/h5-8,10-11,13-16,19-26,30,34,40,47,51,58H,9,12,17-18,27-29,31-33H2,1-4H3/t34-,40-,47+,51-,53+/m0/s1. The molecular formula is C53H56N4O7Si. The Labute approximate surface area is 381 Å². The quantitative estimate of drug-likeness (QED) is 0.141. The first-order valence-electron chi connectivity index (χ1n) is 23.0. The SMILES string of the molecule is COc1ccc([Si](C)(C)[C@@H]2[C@@H](CC(=O)N3CCC[C@H]3CO)O[C@]3(C(=O)N(Cc4ccc(N5C(=O)CCc6ccccc65)cc4)c4ccc(N5C(=O)CCc6ccccc65)cc43)[C@H]2C)cc1. The number of nitrogens with zero attached hydrogens (tertiary/aromatic N) is 4. The molecule has 0 bridgehead atoms. The first-order chi connectivity index (χ1) is 31.4. The van der Waals surface area contributed by atoms with E-state index in [1.165, 1.54) is 0 Å². The molecule has 65 heavy (non-hydrogen) atoms. The van der Waals surface area contributed by atoms with Gasteiger partial charge in [-0.2, -0.15) is 0 Å². The van der Waals surface area contributed by atoms with Crippen molar-refractivity contribution in [2.75, 3.05) is 35.0 Å². The number of rotatable bonds is 10. The molecule has 5 aromatic rings. The molecule has 0 saturated carbocycles. The molecule has 1 spiro atoms. The van der Waals surface area contributed by atoms with E-state index >= 15 is 4.79 Å². The molecule has 4 amide bonds. The monoisotopic (exact) mass is 888 g/mol. The molecule has 5 aliphatic heterocycles. The number of hydrogen-bond acceptors (Lipinski definition) is 7. The first kappa shape index (κ1) is 42.8. The third-order valence-corrected chi connectivity index (χ3v) is 19.4. The first-order valence-corrected chi connectivity index (χ1v) is 26.1. The van der Waals surface area contributed by atoms with Crippen LogP contribution in [0.25, 0.3) is 0 Å². The minimum absolute atomic E-state index is 0.0207.